The molecule has 14 heteroatoms. The molecule has 1 aliphatic carbocycles. The van der Waals surface area contributed by atoms with Crippen LogP contribution in [0.4, 0.5) is 0 Å². The second-order valence-corrected chi connectivity index (χ2v) is 19.4. The molecule has 0 bridgehead atoms. The number of carbonyl (C=O) groups excluding carboxylic acids is 2. The van der Waals surface area contributed by atoms with Crippen LogP contribution in [0.2, 0.25) is 0 Å². The number of aliphatic hydroxyl groups excluding tert-OH is 5. The fraction of sp³-hybridized carbons (Fsp3) is 0.774. The summed E-state index contributed by atoms with van der Waals surface area (Å²) in [7, 11) is -5.13. The molecule has 0 aromatic heterocycles. The van der Waals surface area contributed by atoms with Crippen LogP contribution in [0.5, 0.6) is 0 Å². The normalized spacial score (nSPS) is 21.6. The minimum atomic E-state index is -5.13. The van der Waals surface area contributed by atoms with Crippen LogP contribution in [0.25, 0.3) is 0 Å². The van der Waals surface area contributed by atoms with Gasteiger partial charge in [0.2, 0.25) is 0 Å². The van der Waals surface area contributed by atoms with E-state index in [9.17, 15) is 44.6 Å². The summed E-state index contributed by atoms with van der Waals surface area (Å²) in [6.07, 6.45) is 39.7. The van der Waals surface area contributed by atoms with Gasteiger partial charge < -0.3 is 39.9 Å². The Bertz CT molecular complexity index is 1400. The average Bonchev–Trinajstić information content (AvgIpc) is 3.31. The summed E-state index contributed by atoms with van der Waals surface area (Å²) in [6.45, 7) is 3.26. The number of aliphatic hydroxyl groups is 5. The zero-order valence-corrected chi connectivity index (χ0v) is 42.3. The van der Waals surface area contributed by atoms with Crippen LogP contribution in [0.3, 0.4) is 0 Å². The Kier molecular flexibility index (Phi) is 39.6. The van der Waals surface area contributed by atoms with Crippen molar-refractivity contribution in [1.82, 2.24) is 0 Å². The number of ether oxygens (including phenoxy) is 2. The van der Waals surface area contributed by atoms with Gasteiger partial charge in [0.15, 0.2) is 6.10 Å². The fourth-order valence-electron chi connectivity index (χ4n) is 7.62. The van der Waals surface area contributed by atoms with Gasteiger partial charge in [-0.1, -0.05) is 171 Å². The Morgan fingerprint density at radius 2 is 0.806 bits per heavy atom. The minimum absolute atomic E-state index is 0.0854. The number of phosphoric acid groups is 1. The van der Waals surface area contributed by atoms with Gasteiger partial charge in [0, 0.05) is 12.8 Å². The zero-order chi connectivity index (χ0) is 49.2. The van der Waals surface area contributed by atoms with E-state index in [-0.39, 0.29) is 12.8 Å². The minimum Gasteiger partial charge on any atom is -0.462 e. The number of hydrogen-bond acceptors (Lipinski definition) is 12. The van der Waals surface area contributed by atoms with E-state index in [4.69, 9.17) is 18.5 Å². The van der Waals surface area contributed by atoms with Crippen LogP contribution in [0, 0.1) is 0 Å². The molecule has 1 rings (SSSR count). The van der Waals surface area contributed by atoms with Crippen molar-refractivity contribution >= 4 is 19.8 Å². The van der Waals surface area contributed by atoms with Gasteiger partial charge in [-0.15, -0.1) is 0 Å². The number of esters is 2. The van der Waals surface area contributed by atoms with Gasteiger partial charge in [-0.25, -0.2) is 4.57 Å². The SMILES string of the molecule is CCCCC/C=C/C/C=C/C/C=C/C/C=C/CCCCCC(=O)OC[C@@H](COP(=O)(O)OC1C(O)C(O)C(O)[C@H](O)C1O)OC(=O)CCCCCCCCCCC/C=C/CCCCCCCC. The first-order valence-electron chi connectivity index (χ1n) is 26.1. The predicted molar refractivity (Wildman–Crippen MR) is 267 cm³/mol. The van der Waals surface area contributed by atoms with E-state index in [2.05, 4.69) is 74.6 Å². The molecule has 1 aliphatic rings. The average molecular weight is 969 g/mol. The second kappa shape index (κ2) is 42.4. The van der Waals surface area contributed by atoms with E-state index in [0.29, 0.717) is 12.8 Å². The van der Waals surface area contributed by atoms with E-state index in [1.54, 1.807) is 0 Å². The van der Waals surface area contributed by atoms with E-state index >= 15 is 0 Å². The smallest absolute Gasteiger partial charge is 0.462 e. The Labute approximate surface area is 404 Å². The molecule has 0 saturated heterocycles. The third-order valence-electron chi connectivity index (χ3n) is 11.8. The fourth-order valence-corrected chi connectivity index (χ4v) is 8.59. The van der Waals surface area contributed by atoms with Gasteiger partial charge >= 0.3 is 19.8 Å². The molecular weight excluding hydrogens is 876 g/mol. The molecule has 67 heavy (non-hydrogen) atoms. The third kappa shape index (κ3) is 34.5. The molecule has 0 aromatic rings. The van der Waals surface area contributed by atoms with Crippen LogP contribution < -0.4 is 0 Å². The topological polar surface area (TPSA) is 210 Å². The maximum Gasteiger partial charge on any atom is 0.472 e. The van der Waals surface area contributed by atoms with Crippen molar-refractivity contribution in [3.8, 4) is 0 Å². The largest absolute Gasteiger partial charge is 0.472 e. The number of hydrogen-bond donors (Lipinski definition) is 6. The van der Waals surface area contributed by atoms with Crippen molar-refractivity contribution in [2.45, 2.75) is 249 Å². The molecule has 0 aromatic carbocycles. The van der Waals surface area contributed by atoms with Crippen LogP contribution in [0.1, 0.15) is 206 Å². The zero-order valence-electron chi connectivity index (χ0n) is 41.4. The molecule has 6 N–H and O–H groups in total. The standard InChI is InChI=1S/C53H93O13P/c1-3-5-7-9-11-13-15-17-19-21-23-25-27-29-31-33-35-37-39-41-46(54)63-43-45(44-64-67(61,62)66-53-51(59)49(57)48(56)50(58)52(53)60)65-47(55)42-40-38-36-34-32-30-28-26-24-22-20-18-16-14-12-10-8-6-4-2/h11,13,17-20,23,25,29,31,45,48-53,56-60H,3-10,12,14-16,21-22,24,26-28,30,32-44H2,1-2H3,(H,61,62)/b13-11+,19-17+,20-18+,25-23+,31-29+/t45-,48?,49-,50?,51?,52?,53?/m0/s1. The number of carbonyl (C=O) groups is 2. The summed E-state index contributed by atoms with van der Waals surface area (Å²) < 4.78 is 33.6. The van der Waals surface area contributed by atoms with E-state index < -0.39 is 75.7 Å². The molecule has 0 heterocycles. The summed E-state index contributed by atoms with van der Waals surface area (Å²) in [5.41, 5.74) is 0. The van der Waals surface area contributed by atoms with Crippen molar-refractivity contribution in [1.29, 1.82) is 0 Å². The van der Waals surface area contributed by atoms with E-state index in [1.807, 2.05) is 0 Å². The number of unbranched alkanes of at least 4 members (excludes halogenated alkanes) is 21. The molecule has 0 amide bonds. The van der Waals surface area contributed by atoms with Crippen molar-refractivity contribution in [3.05, 3.63) is 60.8 Å². The number of phosphoric ester groups is 1. The summed E-state index contributed by atoms with van der Waals surface area (Å²) >= 11 is 0. The lowest BCUT2D eigenvalue weighted by atomic mass is 9.85. The molecule has 0 aliphatic heterocycles. The van der Waals surface area contributed by atoms with Gasteiger partial charge in [-0.2, -0.15) is 0 Å². The lowest BCUT2D eigenvalue weighted by molar-refractivity contribution is -0.220. The lowest BCUT2D eigenvalue weighted by Crippen LogP contribution is -2.64. The highest BCUT2D eigenvalue weighted by molar-refractivity contribution is 7.47. The first-order chi connectivity index (χ1) is 32.4. The molecule has 388 valence electrons. The molecule has 0 spiro atoms. The van der Waals surface area contributed by atoms with Crippen molar-refractivity contribution in [2.75, 3.05) is 13.2 Å². The molecule has 1 saturated carbocycles. The van der Waals surface area contributed by atoms with Crippen molar-refractivity contribution in [3.63, 3.8) is 0 Å². The highest BCUT2D eigenvalue weighted by Crippen LogP contribution is 2.47. The monoisotopic (exact) mass is 969 g/mol. The molecule has 6 unspecified atom stereocenters. The first kappa shape index (κ1) is 62.6. The van der Waals surface area contributed by atoms with Gasteiger partial charge in [0.05, 0.1) is 6.61 Å². The van der Waals surface area contributed by atoms with Crippen LogP contribution in [0.15, 0.2) is 60.8 Å². The first-order valence-corrected chi connectivity index (χ1v) is 27.6. The van der Waals surface area contributed by atoms with Crippen LogP contribution in [-0.2, 0) is 32.7 Å². The summed E-state index contributed by atoms with van der Waals surface area (Å²) in [5, 5.41) is 50.3. The van der Waals surface area contributed by atoms with Crippen LogP contribution >= 0.6 is 7.82 Å². The quantitative estimate of drug-likeness (QED) is 0.0146. The van der Waals surface area contributed by atoms with Crippen LogP contribution in [-0.4, -0.2) is 98.3 Å². The maximum atomic E-state index is 12.9. The molecule has 8 atom stereocenters. The Hall–Kier alpha value is -2.45. The summed E-state index contributed by atoms with van der Waals surface area (Å²) in [5.74, 6) is -1.14. The molecule has 1 fully saturated rings. The van der Waals surface area contributed by atoms with Gasteiger partial charge in [0.25, 0.3) is 0 Å². The molecular formula is C53H93O13P. The number of allylic oxidation sites excluding steroid dienone is 10. The van der Waals surface area contributed by atoms with Crippen molar-refractivity contribution in [2.24, 2.45) is 0 Å². The molecule has 13 nitrogen and oxygen atoms in total. The van der Waals surface area contributed by atoms with E-state index in [0.717, 1.165) is 77.0 Å². The van der Waals surface area contributed by atoms with Gasteiger partial charge in [-0.3, -0.25) is 18.6 Å². The highest BCUT2D eigenvalue weighted by Gasteiger charge is 2.51. The van der Waals surface area contributed by atoms with Gasteiger partial charge in [0.1, 0.15) is 43.2 Å². The maximum absolute atomic E-state index is 12.9. The Morgan fingerprint density at radius 1 is 0.463 bits per heavy atom. The summed E-state index contributed by atoms with van der Waals surface area (Å²) in [6, 6.07) is 0. The second-order valence-electron chi connectivity index (χ2n) is 18.0. The summed E-state index contributed by atoms with van der Waals surface area (Å²) in [4.78, 5) is 35.8. The highest BCUT2D eigenvalue weighted by atomic mass is 31.2. The Balaban J connectivity index is 2.43. The molecule has 0 radical (unpaired) electrons. The van der Waals surface area contributed by atoms with E-state index in [1.165, 1.54) is 89.9 Å². The lowest BCUT2D eigenvalue weighted by Gasteiger charge is -2.41. The van der Waals surface area contributed by atoms with Gasteiger partial charge in [-0.05, 0) is 83.5 Å². The third-order valence-corrected chi connectivity index (χ3v) is 12.8. The Morgan fingerprint density at radius 3 is 1.28 bits per heavy atom. The number of rotatable bonds is 43. The van der Waals surface area contributed by atoms with Crippen molar-refractivity contribution < 1.29 is 63.1 Å². The predicted octanol–water partition coefficient (Wildman–Crippen LogP) is 11.3.